The third-order valence-electron chi connectivity index (χ3n) is 6.16. The van der Waals surface area contributed by atoms with Gasteiger partial charge in [-0.1, -0.05) is 36.4 Å². The maximum atomic E-state index is 12.6. The van der Waals surface area contributed by atoms with Gasteiger partial charge in [0.25, 0.3) is 0 Å². The number of aldehydes is 1. The third-order valence-corrected chi connectivity index (χ3v) is 6.16. The van der Waals surface area contributed by atoms with Crippen LogP contribution in [0.5, 0.6) is 0 Å². The molecule has 0 saturated heterocycles. The first-order valence-electron chi connectivity index (χ1n) is 11.2. The number of likely N-dealkylation sites (N-methyl/N-ethyl adjacent to an activating group) is 1. The number of carbonyl (C=O) groups is 2. The number of pyridine rings is 1. The van der Waals surface area contributed by atoms with Crippen molar-refractivity contribution in [1.82, 2.24) is 15.2 Å². The lowest BCUT2D eigenvalue weighted by Crippen LogP contribution is -2.48. The molecule has 1 aliphatic rings. The van der Waals surface area contributed by atoms with Gasteiger partial charge >= 0.3 is 0 Å². The molecule has 1 aromatic carbocycles. The van der Waals surface area contributed by atoms with Gasteiger partial charge in [-0.3, -0.25) is 9.69 Å². The summed E-state index contributed by atoms with van der Waals surface area (Å²) in [4.78, 5) is 30.0. The fraction of sp³-hybridized carbons (Fsp3) is 0.423. The van der Waals surface area contributed by atoms with Gasteiger partial charge in [-0.15, -0.1) is 0 Å². The van der Waals surface area contributed by atoms with E-state index in [0.717, 1.165) is 37.8 Å². The lowest BCUT2D eigenvalue weighted by molar-refractivity contribution is -0.119. The molecule has 2 N–H and O–H groups in total. The second-order valence-electron chi connectivity index (χ2n) is 9.20. The summed E-state index contributed by atoms with van der Waals surface area (Å²) >= 11 is 0. The van der Waals surface area contributed by atoms with Crippen LogP contribution in [0.4, 0.5) is 5.82 Å². The summed E-state index contributed by atoms with van der Waals surface area (Å²) in [6.45, 7) is 7.51. The lowest BCUT2D eigenvalue weighted by Gasteiger charge is -2.32. The largest absolute Gasteiger partial charge is 0.310 e. The summed E-state index contributed by atoms with van der Waals surface area (Å²) < 4.78 is 0. The topological polar surface area (TPSA) is 74.3 Å². The molecule has 1 aromatic heterocycles. The van der Waals surface area contributed by atoms with Crippen LogP contribution < -0.4 is 10.6 Å². The van der Waals surface area contributed by atoms with Crippen molar-refractivity contribution in [1.29, 1.82) is 0 Å². The van der Waals surface area contributed by atoms with Crippen LogP contribution in [0, 0.1) is 5.92 Å². The molecule has 6 heteroatoms. The zero-order valence-electron chi connectivity index (χ0n) is 19.5. The van der Waals surface area contributed by atoms with E-state index in [1.54, 1.807) is 12.3 Å². The number of benzene rings is 1. The Morgan fingerprint density at radius 1 is 1.25 bits per heavy atom. The SMILES string of the molecule is C[C@@H](CN(C)C(C)(C)C=O)NC/C=C/c1ccc2c(c1)CC(C(=O)Nc1ccccn1)C2. The molecule has 32 heavy (non-hydrogen) atoms. The van der Waals surface area contributed by atoms with E-state index >= 15 is 0 Å². The first-order valence-corrected chi connectivity index (χ1v) is 11.2. The fourth-order valence-corrected chi connectivity index (χ4v) is 3.86. The highest BCUT2D eigenvalue weighted by atomic mass is 16.2. The maximum Gasteiger partial charge on any atom is 0.229 e. The van der Waals surface area contributed by atoms with Crippen LogP contribution in [0.2, 0.25) is 0 Å². The molecule has 1 amide bonds. The van der Waals surface area contributed by atoms with Gasteiger partial charge in [-0.2, -0.15) is 0 Å². The molecule has 1 aliphatic carbocycles. The number of hydrogen-bond donors (Lipinski definition) is 2. The zero-order valence-corrected chi connectivity index (χ0v) is 19.5. The third kappa shape index (κ3) is 6.34. The highest BCUT2D eigenvalue weighted by Crippen LogP contribution is 2.28. The van der Waals surface area contributed by atoms with E-state index in [1.165, 1.54) is 11.1 Å². The van der Waals surface area contributed by atoms with E-state index in [2.05, 4.69) is 57.8 Å². The Morgan fingerprint density at radius 3 is 2.75 bits per heavy atom. The first-order chi connectivity index (χ1) is 15.3. The number of aromatic nitrogens is 1. The van der Waals surface area contributed by atoms with Crippen LogP contribution in [0.15, 0.2) is 48.7 Å². The molecule has 0 fully saturated rings. The van der Waals surface area contributed by atoms with Crippen LogP contribution in [-0.4, -0.2) is 53.8 Å². The minimum Gasteiger partial charge on any atom is -0.310 e. The van der Waals surface area contributed by atoms with Gasteiger partial charge in [0.1, 0.15) is 12.1 Å². The minimum absolute atomic E-state index is 0.0258. The predicted octanol–water partition coefficient (Wildman–Crippen LogP) is 3.34. The van der Waals surface area contributed by atoms with Crippen molar-refractivity contribution in [3.63, 3.8) is 0 Å². The monoisotopic (exact) mass is 434 g/mol. The van der Waals surface area contributed by atoms with Crippen molar-refractivity contribution in [2.45, 2.75) is 45.2 Å². The number of rotatable bonds is 10. The highest BCUT2D eigenvalue weighted by Gasteiger charge is 2.27. The van der Waals surface area contributed by atoms with Crippen molar-refractivity contribution in [3.8, 4) is 0 Å². The van der Waals surface area contributed by atoms with Gasteiger partial charge in [0, 0.05) is 31.2 Å². The molecule has 0 saturated carbocycles. The molecule has 0 spiro atoms. The van der Waals surface area contributed by atoms with Crippen LogP contribution >= 0.6 is 0 Å². The van der Waals surface area contributed by atoms with Crippen LogP contribution in [0.25, 0.3) is 6.08 Å². The Balaban J connectivity index is 1.48. The summed E-state index contributed by atoms with van der Waals surface area (Å²) in [7, 11) is 1.97. The van der Waals surface area contributed by atoms with Crippen molar-refractivity contribution >= 4 is 24.1 Å². The number of nitrogens with one attached hydrogen (secondary N) is 2. The molecular weight excluding hydrogens is 400 g/mol. The maximum absolute atomic E-state index is 12.6. The molecule has 0 bridgehead atoms. The molecule has 6 nitrogen and oxygen atoms in total. The first kappa shape index (κ1) is 23.8. The Bertz CT molecular complexity index is 956. The van der Waals surface area contributed by atoms with E-state index in [4.69, 9.17) is 0 Å². The van der Waals surface area contributed by atoms with Crippen molar-refractivity contribution in [3.05, 3.63) is 65.4 Å². The summed E-state index contributed by atoms with van der Waals surface area (Å²) in [6, 6.07) is 12.2. The summed E-state index contributed by atoms with van der Waals surface area (Å²) in [6.07, 6.45) is 8.41. The molecule has 2 atom stereocenters. The second kappa shape index (κ2) is 10.7. The number of nitrogens with zero attached hydrogens (tertiary/aromatic N) is 2. The Kier molecular flexibility index (Phi) is 7.94. The standard InChI is InChI=1S/C26H34N4O2/c1-19(17-30(4)26(2,3)18-31)27-13-7-8-20-10-11-21-15-23(16-22(21)14-20)25(32)29-24-9-5-6-12-28-24/h5-12,14,18-19,23,27H,13,15-17H2,1-4H3,(H,28,29,32)/b8-7+/t19-,23?/m0/s1. The number of hydrogen-bond acceptors (Lipinski definition) is 5. The summed E-state index contributed by atoms with van der Waals surface area (Å²) in [5, 5.41) is 6.39. The molecule has 170 valence electrons. The molecule has 1 unspecified atom stereocenters. The number of fused-ring (bicyclic) bond motifs is 1. The average molecular weight is 435 g/mol. The van der Waals surface area contributed by atoms with Gasteiger partial charge in [0.05, 0.1) is 5.54 Å². The van der Waals surface area contributed by atoms with Crippen molar-refractivity contribution in [2.24, 2.45) is 5.92 Å². The Labute approximate surface area is 191 Å². The lowest BCUT2D eigenvalue weighted by atomic mass is 10.1. The molecule has 1 heterocycles. The molecule has 0 aliphatic heterocycles. The van der Waals surface area contributed by atoms with Gasteiger partial charge in [-0.25, -0.2) is 4.98 Å². The zero-order chi connectivity index (χ0) is 23.1. The predicted molar refractivity (Wildman–Crippen MR) is 129 cm³/mol. The van der Waals surface area contributed by atoms with E-state index in [1.807, 2.05) is 33.0 Å². The highest BCUT2D eigenvalue weighted by molar-refractivity contribution is 5.92. The van der Waals surface area contributed by atoms with Gasteiger partial charge in [-0.05, 0) is 69.5 Å². The van der Waals surface area contributed by atoms with E-state index in [9.17, 15) is 9.59 Å². The Hall–Kier alpha value is -2.83. The van der Waals surface area contributed by atoms with Crippen LogP contribution in [-0.2, 0) is 22.4 Å². The normalized spacial score (nSPS) is 16.8. The van der Waals surface area contributed by atoms with Gasteiger partial charge in [0.15, 0.2) is 0 Å². The van der Waals surface area contributed by atoms with Crippen LogP contribution in [0.1, 0.15) is 37.5 Å². The smallest absolute Gasteiger partial charge is 0.229 e. The quantitative estimate of drug-likeness (QED) is 0.561. The fourth-order valence-electron chi connectivity index (χ4n) is 3.86. The van der Waals surface area contributed by atoms with E-state index in [0.29, 0.717) is 5.82 Å². The van der Waals surface area contributed by atoms with E-state index < -0.39 is 5.54 Å². The minimum atomic E-state index is -0.456. The summed E-state index contributed by atoms with van der Waals surface area (Å²) in [5.41, 5.74) is 3.18. The van der Waals surface area contributed by atoms with E-state index in [-0.39, 0.29) is 17.9 Å². The number of anilines is 1. The second-order valence-corrected chi connectivity index (χ2v) is 9.20. The Morgan fingerprint density at radius 2 is 2.03 bits per heavy atom. The number of amides is 1. The van der Waals surface area contributed by atoms with Crippen molar-refractivity contribution in [2.75, 3.05) is 25.5 Å². The van der Waals surface area contributed by atoms with Gasteiger partial charge in [0.2, 0.25) is 5.91 Å². The van der Waals surface area contributed by atoms with Crippen LogP contribution in [0.3, 0.4) is 0 Å². The average Bonchev–Trinajstić information content (AvgIpc) is 3.21. The molecular formula is C26H34N4O2. The van der Waals surface area contributed by atoms with Crippen molar-refractivity contribution < 1.29 is 9.59 Å². The molecule has 0 radical (unpaired) electrons. The summed E-state index contributed by atoms with van der Waals surface area (Å²) in [5.74, 6) is 0.569. The molecule has 2 aromatic rings. The van der Waals surface area contributed by atoms with Gasteiger partial charge < -0.3 is 15.4 Å². The molecule has 3 rings (SSSR count). The number of carbonyl (C=O) groups excluding carboxylic acids is 2.